The molecule has 2 aromatic carbocycles. The highest BCUT2D eigenvalue weighted by molar-refractivity contribution is 5.95. The molecule has 0 atom stereocenters. The van der Waals surface area contributed by atoms with E-state index in [1.807, 2.05) is 0 Å². The lowest BCUT2D eigenvalue weighted by atomic mass is 10.2. The van der Waals surface area contributed by atoms with Gasteiger partial charge >= 0.3 is 5.97 Å². The predicted molar refractivity (Wildman–Crippen MR) is 104 cm³/mol. The number of carbonyl (C=O) groups excluding carboxylic acids is 3. The van der Waals surface area contributed by atoms with E-state index >= 15 is 0 Å². The van der Waals surface area contributed by atoms with Gasteiger partial charge in [0.1, 0.15) is 0 Å². The maximum Gasteiger partial charge on any atom is 0.331 e. The minimum Gasteiger partial charge on any atom is -0.504 e. The van der Waals surface area contributed by atoms with Crippen LogP contribution in [0.2, 0.25) is 0 Å². The SMILES string of the molecule is COc1cc(/C=C/C(=O)OCC(=O)Nc2ccc(NC(C)=O)cc2)ccc1O. The predicted octanol–water partition coefficient (Wildman–Crippen LogP) is 2.55. The number of benzene rings is 2. The van der Waals surface area contributed by atoms with Gasteiger partial charge in [-0.25, -0.2) is 4.79 Å². The molecule has 0 radical (unpaired) electrons. The van der Waals surface area contributed by atoms with E-state index in [1.54, 1.807) is 36.4 Å². The van der Waals surface area contributed by atoms with E-state index in [4.69, 9.17) is 9.47 Å². The zero-order valence-corrected chi connectivity index (χ0v) is 15.4. The molecule has 146 valence electrons. The van der Waals surface area contributed by atoms with E-state index in [0.29, 0.717) is 16.9 Å². The second kappa shape index (κ2) is 9.77. The number of phenolic OH excluding ortho intramolecular Hbond substituents is 1. The van der Waals surface area contributed by atoms with Crippen molar-refractivity contribution in [3.63, 3.8) is 0 Å². The molecule has 2 aromatic rings. The molecule has 0 unspecified atom stereocenters. The molecule has 8 nitrogen and oxygen atoms in total. The molecular weight excluding hydrogens is 364 g/mol. The van der Waals surface area contributed by atoms with Gasteiger partial charge in [0.2, 0.25) is 5.91 Å². The number of phenols is 1. The first-order chi connectivity index (χ1) is 13.4. The van der Waals surface area contributed by atoms with Crippen molar-refractivity contribution < 1.29 is 29.0 Å². The highest BCUT2D eigenvalue weighted by atomic mass is 16.5. The van der Waals surface area contributed by atoms with Gasteiger partial charge < -0.3 is 25.2 Å². The van der Waals surface area contributed by atoms with Crippen molar-refractivity contribution in [2.45, 2.75) is 6.92 Å². The molecule has 0 bridgehead atoms. The molecule has 0 spiro atoms. The van der Waals surface area contributed by atoms with Crippen molar-refractivity contribution in [1.82, 2.24) is 0 Å². The number of aromatic hydroxyl groups is 1. The first kappa shape index (κ1) is 20.5. The largest absolute Gasteiger partial charge is 0.504 e. The summed E-state index contributed by atoms with van der Waals surface area (Å²) in [5.74, 6) is -1.12. The van der Waals surface area contributed by atoms with Crippen LogP contribution in [0.1, 0.15) is 12.5 Å². The number of esters is 1. The van der Waals surface area contributed by atoms with Gasteiger partial charge in [-0.05, 0) is 48.0 Å². The molecule has 0 aliphatic rings. The van der Waals surface area contributed by atoms with Gasteiger partial charge in [-0.3, -0.25) is 9.59 Å². The van der Waals surface area contributed by atoms with Gasteiger partial charge in [0.25, 0.3) is 5.91 Å². The zero-order chi connectivity index (χ0) is 20.5. The summed E-state index contributed by atoms with van der Waals surface area (Å²) in [7, 11) is 1.42. The van der Waals surface area contributed by atoms with E-state index in [1.165, 1.54) is 32.3 Å². The highest BCUT2D eigenvalue weighted by Gasteiger charge is 2.07. The summed E-state index contributed by atoms with van der Waals surface area (Å²) in [6, 6.07) is 11.1. The van der Waals surface area contributed by atoms with Gasteiger partial charge in [-0.15, -0.1) is 0 Å². The van der Waals surface area contributed by atoms with Gasteiger partial charge in [0.05, 0.1) is 7.11 Å². The molecule has 8 heteroatoms. The molecule has 0 saturated carbocycles. The molecule has 2 rings (SSSR count). The number of nitrogens with one attached hydrogen (secondary N) is 2. The Kier molecular flexibility index (Phi) is 7.15. The Morgan fingerprint density at radius 2 is 1.68 bits per heavy atom. The van der Waals surface area contributed by atoms with Gasteiger partial charge in [0.15, 0.2) is 18.1 Å². The summed E-state index contributed by atoms with van der Waals surface area (Å²) >= 11 is 0. The van der Waals surface area contributed by atoms with E-state index < -0.39 is 18.5 Å². The molecule has 0 aliphatic heterocycles. The van der Waals surface area contributed by atoms with E-state index in [0.717, 1.165) is 0 Å². The van der Waals surface area contributed by atoms with Crippen LogP contribution in [0, 0.1) is 0 Å². The number of hydrogen-bond donors (Lipinski definition) is 3. The van der Waals surface area contributed by atoms with Crippen molar-refractivity contribution in [3.05, 3.63) is 54.1 Å². The molecule has 2 amide bonds. The first-order valence-corrected chi connectivity index (χ1v) is 8.26. The van der Waals surface area contributed by atoms with Crippen molar-refractivity contribution in [2.24, 2.45) is 0 Å². The number of rotatable bonds is 7. The molecule has 0 aromatic heterocycles. The van der Waals surface area contributed by atoms with E-state index in [9.17, 15) is 19.5 Å². The molecule has 0 heterocycles. The van der Waals surface area contributed by atoms with Crippen molar-refractivity contribution >= 4 is 35.2 Å². The van der Waals surface area contributed by atoms with Gasteiger partial charge in [-0.1, -0.05) is 6.07 Å². The van der Waals surface area contributed by atoms with Crippen LogP contribution in [0.4, 0.5) is 11.4 Å². The molecule has 0 fully saturated rings. The molecule has 3 N–H and O–H groups in total. The Bertz CT molecular complexity index is 890. The number of anilines is 2. The average molecular weight is 384 g/mol. The van der Waals surface area contributed by atoms with Crippen LogP contribution in [0.5, 0.6) is 11.5 Å². The van der Waals surface area contributed by atoms with Crippen LogP contribution in [0.15, 0.2) is 48.5 Å². The number of methoxy groups -OCH3 is 1. The Morgan fingerprint density at radius 3 is 2.29 bits per heavy atom. The standard InChI is InChI=1S/C20H20N2O6/c1-13(23)21-15-5-7-16(8-6-15)22-19(25)12-28-20(26)10-4-14-3-9-17(24)18(11-14)27-2/h3-11,24H,12H2,1-2H3,(H,21,23)(H,22,25)/b10-4+. The monoisotopic (exact) mass is 384 g/mol. The average Bonchev–Trinajstić information content (AvgIpc) is 2.67. The van der Waals surface area contributed by atoms with E-state index in [-0.39, 0.29) is 17.4 Å². The van der Waals surface area contributed by atoms with Crippen LogP contribution in [0.25, 0.3) is 6.08 Å². The lowest BCUT2D eigenvalue weighted by Crippen LogP contribution is -2.20. The van der Waals surface area contributed by atoms with Gasteiger partial charge in [-0.2, -0.15) is 0 Å². The fourth-order valence-electron chi connectivity index (χ4n) is 2.18. The highest BCUT2D eigenvalue weighted by Crippen LogP contribution is 2.26. The minimum absolute atomic E-state index is 0.0102. The Hall–Kier alpha value is -3.81. The fraction of sp³-hybridized carbons (Fsp3) is 0.150. The third-order valence-electron chi connectivity index (χ3n) is 3.45. The minimum atomic E-state index is -0.691. The van der Waals surface area contributed by atoms with E-state index in [2.05, 4.69) is 10.6 Å². The smallest absolute Gasteiger partial charge is 0.331 e. The Morgan fingerprint density at radius 1 is 1.04 bits per heavy atom. The molecule has 0 saturated heterocycles. The van der Waals surface area contributed by atoms with Crippen LogP contribution >= 0.6 is 0 Å². The van der Waals surface area contributed by atoms with Crippen LogP contribution in [-0.4, -0.2) is 36.6 Å². The second-order valence-corrected chi connectivity index (χ2v) is 5.68. The summed E-state index contributed by atoms with van der Waals surface area (Å²) < 4.78 is 9.86. The van der Waals surface area contributed by atoms with Gasteiger partial charge in [0, 0.05) is 24.4 Å². The normalized spacial score (nSPS) is 10.4. The third kappa shape index (κ3) is 6.49. The summed E-state index contributed by atoms with van der Waals surface area (Å²) in [6.45, 7) is 0.951. The number of amides is 2. The maximum absolute atomic E-state index is 11.8. The Balaban J connectivity index is 1.82. The molecular formula is C20H20N2O6. The third-order valence-corrected chi connectivity index (χ3v) is 3.45. The summed E-state index contributed by atoms with van der Waals surface area (Å²) in [5, 5.41) is 14.7. The lowest BCUT2D eigenvalue weighted by molar-refractivity contribution is -0.142. The van der Waals surface area contributed by atoms with Crippen LogP contribution in [-0.2, 0) is 19.1 Å². The summed E-state index contributed by atoms with van der Waals surface area (Å²) in [4.78, 5) is 34.5. The van der Waals surface area contributed by atoms with Crippen LogP contribution in [0.3, 0.4) is 0 Å². The number of carbonyl (C=O) groups is 3. The van der Waals surface area contributed by atoms with Crippen molar-refractivity contribution in [1.29, 1.82) is 0 Å². The first-order valence-electron chi connectivity index (χ1n) is 8.26. The topological polar surface area (TPSA) is 114 Å². The maximum atomic E-state index is 11.8. The number of hydrogen-bond acceptors (Lipinski definition) is 6. The molecule has 28 heavy (non-hydrogen) atoms. The summed E-state index contributed by atoms with van der Waals surface area (Å²) in [5.41, 5.74) is 1.73. The Labute approximate surface area is 161 Å². The second-order valence-electron chi connectivity index (χ2n) is 5.68. The lowest BCUT2D eigenvalue weighted by Gasteiger charge is -2.07. The number of ether oxygens (including phenoxy) is 2. The molecule has 0 aliphatic carbocycles. The fourth-order valence-corrected chi connectivity index (χ4v) is 2.18. The van der Waals surface area contributed by atoms with Crippen molar-refractivity contribution in [2.75, 3.05) is 24.4 Å². The van der Waals surface area contributed by atoms with Crippen LogP contribution < -0.4 is 15.4 Å². The summed E-state index contributed by atoms with van der Waals surface area (Å²) in [6.07, 6.45) is 2.64. The zero-order valence-electron chi connectivity index (χ0n) is 15.4. The van der Waals surface area contributed by atoms with Crippen molar-refractivity contribution in [3.8, 4) is 11.5 Å². The quantitative estimate of drug-likeness (QED) is 0.499.